The molecule has 2 rings (SSSR count). The minimum atomic E-state index is -3.80. The predicted molar refractivity (Wildman–Crippen MR) is 71.5 cm³/mol. The van der Waals surface area contributed by atoms with E-state index in [0.717, 1.165) is 18.2 Å². The summed E-state index contributed by atoms with van der Waals surface area (Å²) in [5, 5.41) is 0. The number of primary amides is 1. The van der Waals surface area contributed by atoms with Gasteiger partial charge >= 0.3 is 0 Å². The number of sulfonamides is 1. The van der Waals surface area contributed by atoms with Crippen molar-refractivity contribution in [2.45, 2.75) is 18.2 Å². The van der Waals surface area contributed by atoms with Crippen molar-refractivity contribution >= 4 is 21.6 Å². The highest BCUT2D eigenvalue weighted by Gasteiger charge is 2.43. The number of carbonyl (C=O) groups excluding carboxylic acids is 1. The van der Waals surface area contributed by atoms with Gasteiger partial charge in [0.05, 0.1) is 16.0 Å². The molecule has 1 heterocycles. The first-order chi connectivity index (χ1) is 9.17. The van der Waals surface area contributed by atoms with Gasteiger partial charge in [-0.1, -0.05) is 0 Å². The van der Waals surface area contributed by atoms with Gasteiger partial charge in [0.1, 0.15) is 5.82 Å². The minimum Gasteiger partial charge on any atom is -0.396 e. The molecule has 20 heavy (non-hydrogen) atoms. The zero-order valence-corrected chi connectivity index (χ0v) is 11.8. The van der Waals surface area contributed by atoms with E-state index in [1.54, 1.807) is 6.92 Å². The molecule has 1 aliphatic heterocycles. The van der Waals surface area contributed by atoms with Crippen LogP contribution in [-0.2, 0) is 14.8 Å². The van der Waals surface area contributed by atoms with Gasteiger partial charge in [0.15, 0.2) is 0 Å². The summed E-state index contributed by atoms with van der Waals surface area (Å²) in [7, 11) is -3.80. The fourth-order valence-electron chi connectivity index (χ4n) is 2.16. The number of hydrogen-bond donors (Lipinski definition) is 2. The van der Waals surface area contributed by atoms with E-state index in [1.807, 2.05) is 0 Å². The second-order valence-corrected chi connectivity index (χ2v) is 7.13. The third-order valence-corrected chi connectivity index (χ3v) is 5.48. The maximum atomic E-state index is 13.1. The molecule has 8 heteroatoms. The fourth-order valence-corrected chi connectivity index (χ4v) is 3.76. The van der Waals surface area contributed by atoms with Crippen molar-refractivity contribution in [3.05, 3.63) is 24.0 Å². The SMILES string of the molecule is CC1(C(N)=O)CCN(S(=O)(=O)c2ccc(F)c(N)c2)C1. The Balaban J connectivity index is 2.33. The molecule has 4 N–H and O–H groups in total. The van der Waals surface area contributed by atoms with E-state index >= 15 is 0 Å². The molecule has 1 aromatic rings. The van der Waals surface area contributed by atoms with E-state index in [9.17, 15) is 17.6 Å². The molecule has 1 amide bonds. The average Bonchev–Trinajstić information content (AvgIpc) is 2.77. The van der Waals surface area contributed by atoms with Crippen molar-refractivity contribution in [1.29, 1.82) is 0 Å². The van der Waals surface area contributed by atoms with Crippen LogP contribution < -0.4 is 11.5 Å². The van der Waals surface area contributed by atoms with Crippen LogP contribution in [0.15, 0.2) is 23.1 Å². The van der Waals surface area contributed by atoms with Gasteiger partial charge in [-0.15, -0.1) is 0 Å². The Hall–Kier alpha value is -1.67. The largest absolute Gasteiger partial charge is 0.396 e. The molecule has 0 spiro atoms. The van der Waals surface area contributed by atoms with Crippen LogP contribution in [0.25, 0.3) is 0 Å². The smallest absolute Gasteiger partial charge is 0.243 e. The van der Waals surface area contributed by atoms with Gasteiger partial charge in [-0.05, 0) is 31.5 Å². The van der Waals surface area contributed by atoms with E-state index in [1.165, 1.54) is 4.31 Å². The number of amides is 1. The molecule has 1 aromatic carbocycles. The summed E-state index contributed by atoms with van der Waals surface area (Å²) >= 11 is 0. The van der Waals surface area contributed by atoms with Crippen LogP contribution in [0.2, 0.25) is 0 Å². The molecule has 110 valence electrons. The number of nitrogens with zero attached hydrogens (tertiary/aromatic N) is 1. The molecule has 6 nitrogen and oxygen atoms in total. The van der Waals surface area contributed by atoms with Crippen molar-refractivity contribution in [3.63, 3.8) is 0 Å². The Morgan fingerprint density at radius 3 is 2.60 bits per heavy atom. The molecule has 0 radical (unpaired) electrons. The monoisotopic (exact) mass is 301 g/mol. The van der Waals surface area contributed by atoms with Crippen LogP contribution in [0.1, 0.15) is 13.3 Å². The summed E-state index contributed by atoms with van der Waals surface area (Å²) in [4.78, 5) is 11.3. The molecule has 0 aliphatic carbocycles. The summed E-state index contributed by atoms with van der Waals surface area (Å²) in [6.07, 6.45) is 0.359. The van der Waals surface area contributed by atoms with Crippen LogP contribution in [0.3, 0.4) is 0 Å². The highest BCUT2D eigenvalue weighted by Crippen LogP contribution is 2.33. The molecule has 1 fully saturated rings. The molecule has 1 saturated heterocycles. The second-order valence-electron chi connectivity index (χ2n) is 5.20. The van der Waals surface area contributed by atoms with E-state index in [2.05, 4.69) is 0 Å². The Bertz CT molecular complexity index is 662. The van der Waals surface area contributed by atoms with E-state index in [-0.39, 0.29) is 23.7 Å². The highest BCUT2D eigenvalue weighted by molar-refractivity contribution is 7.89. The van der Waals surface area contributed by atoms with Crippen molar-refractivity contribution < 1.29 is 17.6 Å². The topological polar surface area (TPSA) is 106 Å². The first kappa shape index (κ1) is 14.7. The maximum Gasteiger partial charge on any atom is 0.243 e. The lowest BCUT2D eigenvalue weighted by Crippen LogP contribution is -2.38. The third-order valence-electron chi connectivity index (χ3n) is 3.64. The molecule has 0 saturated carbocycles. The first-order valence-electron chi connectivity index (χ1n) is 6.02. The summed E-state index contributed by atoms with van der Waals surface area (Å²) in [5.74, 6) is -1.21. The van der Waals surface area contributed by atoms with Gasteiger partial charge in [0.25, 0.3) is 0 Å². The van der Waals surface area contributed by atoms with Gasteiger partial charge in [-0.3, -0.25) is 4.79 Å². The first-order valence-corrected chi connectivity index (χ1v) is 7.46. The van der Waals surface area contributed by atoms with Gasteiger partial charge in [-0.2, -0.15) is 4.31 Å². The molecule has 1 aliphatic rings. The molecular formula is C12H16FN3O3S. The third kappa shape index (κ3) is 2.36. The van der Waals surface area contributed by atoms with Gasteiger partial charge in [-0.25, -0.2) is 12.8 Å². The lowest BCUT2D eigenvalue weighted by molar-refractivity contribution is -0.126. The summed E-state index contributed by atoms with van der Waals surface area (Å²) < 4.78 is 39.1. The number of benzene rings is 1. The average molecular weight is 301 g/mol. The fraction of sp³-hybridized carbons (Fsp3) is 0.417. The molecule has 0 aromatic heterocycles. The van der Waals surface area contributed by atoms with Crippen molar-refractivity contribution in [1.82, 2.24) is 4.31 Å². The van der Waals surface area contributed by atoms with Crippen molar-refractivity contribution in [3.8, 4) is 0 Å². The lowest BCUT2D eigenvalue weighted by Gasteiger charge is -2.21. The van der Waals surface area contributed by atoms with Crippen LogP contribution in [0, 0.1) is 11.2 Å². The molecule has 1 atom stereocenters. The number of carbonyl (C=O) groups is 1. The Kier molecular flexibility index (Phi) is 3.47. The zero-order valence-electron chi connectivity index (χ0n) is 11.0. The number of nitrogen functional groups attached to an aromatic ring is 1. The second kappa shape index (κ2) is 4.71. The number of halogens is 1. The Labute approximate surface area is 116 Å². The van der Waals surface area contributed by atoms with Crippen molar-refractivity contribution in [2.24, 2.45) is 11.1 Å². The normalized spacial score (nSPS) is 23.9. The number of anilines is 1. The quantitative estimate of drug-likeness (QED) is 0.783. The predicted octanol–water partition coefficient (Wildman–Crippen LogP) is 0.294. The molecule has 0 bridgehead atoms. The van der Waals surface area contributed by atoms with Crippen LogP contribution >= 0.6 is 0 Å². The van der Waals surface area contributed by atoms with E-state index in [0.29, 0.717) is 6.42 Å². The number of rotatable bonds is 3. The standard InChI is InChI=1S/C12H16FN3O3S/c1-12(11(15)17)4-5-16(7-12)20(18,19)8-2-3-9(13)10(14)6-8/h2-3,6H,4-5,7,14H2,1H3,(H2,15,17). The lowest BCUT2D eigenvalue weighted by atomic mass is 9.89. The Morgan fingerprint density at radius 1 is 1.45 bits per heavy atom. The van der Waals surface area contributed by atoms with Gasteiger partial charge in [0, 0.05) is 13.1 Å². The van der Waals surface area contributed by atoms with Crippen molar-refractivity contribution in [2.75, 3.05) is 18.8 Å². The summed E-state index contributed by atoms with van der Waals surface area (Å²) in [5.41, 5.74) is 9.57. The summed E-state index contributed by atoms with van der Waals surface area (Å²) in [6.45, 7) is 1.84. The summed E-state index contributed by atoms with van der Waals surface area (Å²) in [6, 6.07) is 3.23. The maximum absolute atomic E-state index is 13.1. The van der Waals surface area contributed by atoms with E-state index < -0.39 is 27.2 Å². The van der Waals surface area contributed by atoms with Gasteiger partial charge < -0.3 is 11.5 Å². The number of hydrogen-bond acceptors (Lipinski definition) is 4. The highest BCUT2D eigenvalue weighted by atomic mass is 32.2. The van der Waals surface area contributed by atoms with Crippen LogP contribution in [0.4, 0.5) is 10.1 Å². The molecule has 1 unspecified atom stereocenters. The number of nitrogens with two attached hydrogens (primary N) is 2. The van der Waals surface area contributed by atoms with Crippen LogP contribution in [-0.4, -0.2) is 31.7 Å². The van der Waals surface area contributed by atoms with Crippen LogP contribution in [0.5, 0.6) is 0 Å². The minimum absolute atomic E-state index is 0.0158. The zero-order chi connectivity index (χ0) is 15.1. The Morgan fingerprint density at radius 2 is 2.10 bits per heavy atom. The van der Waals surface area contributed by atoms with Gasteiger partial charge in [0.2, 0.25) is 15.9 Å². The molecular weight excluding hydrogens is 285 g/mol. The van der Waals surface area contributed by atoms with E-state index in [4.69, 9.17) is 11.5 Å².